The summed E-state index contributed by atoms with van der Waals surface area (Å²) in [5, 5.41) is 3.56. The van der Waals surface area contributed by atoms with Crippen LogP contribution in [0.5, 0.6) is 11.5 Å². The maximum Gasteiger partial charge on any atom is 0.231 e. The predicted molar refractivity (Wildman–Crippen MR) is 76.4 cm³/mol. The van der Waals surface area contributed by atoms with Gasteiger partial charge >= 0.3 is 0 Å². The normalized spacial score (nSPS) is 14.9. The van der Waals surface area contributed by atoms with Crippen molar-refractivity contribution in [1.82, 2.24) is 5.32 Å². The van der Waals surface area contributed by atoms with Gasteiger partial charge in [-0.1, -0.05) is 32.8 Å². The molecule has 1 aromatic carbocycles. The van der Waals surface area contributed by atoms with Crippen LogP contribution in [0.1, 0.15) is 38.3 Å². The van der Waals surface area contributed by atoms with Crippen molar-refractivity contribution in [2.24, 2.45) is 11.7 Å². The fraction of sp³-hybridized carbons (Fsp3) is 0.600. The smallest absolute Gasteiger partial charge is 0.231 e. The van der Waals surface area contributed by atoms with E-state index in [1.54, 1.807) is 0 Å². The molecule has 0 amide bonds. The molecule has 1 aliphatic rings. The molecule has 0 aliphatic carbocycles. The minimum Gasteiger partial charge on any atom is -0.454 e. The van der Waals surface area contributed by atoms with Gasteiger partial charge in [-0.05, 0) is 30.2 Å². The number of rotatable bonds is 7. The zero-order valence-corrected chi connectivity index (χ0v) is 11.8. The number of nitrogens with one attached hydrogen (secondary N) is 1. The van der Waals surface area contributed by atoms with Gasteiger partial charge in [0.25, 0.3) is 0 Å². The lowest BCUT2D eigenvalue weighted by Gasteiger charge is -2.21. The van der Waals surface area contributed by atoms with Gasteiger partial charge in [-0.2, -0.15) is 0 Å². The van der Waals surface area contributed by atoms with Crippen molar-refractivity contribution >= 4 is 0 Å². The highest BCUT2D eigenvalue weighted by Crippen LogP contribution is 2.34. The SMILES string of the molecule is CCC(CC)CNC(CN)c1ccc2c(c1)OCO2. The minimum atomic E-state index is 0.176. The van der Waals surface area contributed by atoms with Gasteiger partial charge in [-0.3, -0.25) is 0 Å². The van der Waals surface area contributed by atoms with Gasteiger partial charge in [0.15, 0.2) is 11.5 Å². The number of fused-ring (bicyclic) bond motifs is 1. The Morgan fingerprint density at radius 3 is 2.63 bits per heavy atom. The van der Waals surface area contributed by atoms with Crippen LogP contribution in [0.25, 0.3) is 0 Å². The number of nitrogens with two attached hydrogens (primary N) is 1. The average Bonchev–Trinajstić information content (AvgIpc) is 2.91. The van der Waals surface area contributed by atoms with Crippen molar-refractivity contribution in [1.29, 1.82) is 0 Å². The molecule has 0 saturated heterocycles. The Morgan fingerprint density at radius 1 is 1.21 bits per heavy atom. The number of ether oxygens (including phenoxy) is 2. The van der Waals surface area contributed by atoms with Gasteiger partial charge in [0.05, 0.1) is 0 Å². The lowest BCUT2D eigenvalue weighted by Crippen LogP contribution is -2.32. The molecule has 3 N–H and O–H groups in total. The molecule has 1 unspecified atom stereocenters. The lowest BCUT2D eigenvalue weighted by atomic mass is 10.0. The van der Waals surface area contributed by atoms with Crippen LogP contribution in [0.2, 0.25) is 0 Å². The van der Waals surface area contributed by atoms with Gasteiger partial charge < -0.3 is 20.5 Å². The maximum absolute atomic E-state index is 5.88. The molecule has 0 saturated carbocycles. The first-order chi connectivity index (χ1) is 9.28. The van der Waals surface area contributed by atoms with E-state index in [0.29, 0.717) is 19.3 Å². The Balaban J connectivity index is 2.01. The fourth-order valence-electron chi connectivity index (χ4n) is 2.35. The van der Waals surface area contributed by atoms with Crippen LogP contribution in [-0.4, -0.2) is 19.9 Å². The van der Waals surface area contributed by atoms with Crippen LogP contribution < -0.4 is 20.5 Å². The van der Waals surface area contributed by atoms with Crippen LogP contribution in [0.4, 0.5) is 0 Å². The largest absolute Gasteiger partial charge is 0.454 e. The first-order valence-corrected chi connectivity index (χ1v) is 7.11. The highest BCUT2D eigenvalue weighted by molar-refractivity contribution is 5.45. The van der Waals surface area contributed by atoms with Crippen molar-refractivity contribution in [3.05, 3.63) is 23.8 Å². The molecule has 1 heterocycles. The van der Waals surface area contributed by atoms with Crippen molar-refractivity contribution in [3.8, 4) is 11.5 Å². The third-order valence-electron chi connectivity index (χ3n) is 3.84. The minimum absolute atomic E-state index is 0.176. The van der Waals surface area contributed by atoms with Crippen LogP contribution in [-0.2, 0) is 0 Å². The summed E-state index contributed by atoms with van der Waals surface area (Å²) in [5.74, 6) is 2.35. The molecule has 106 valence electrons. The number of benzene rings is 1. The van der Waals surface area contributed by atoms with Crippen molar-refractivity contribution in [3.63, 3.8) is 0 Å². The second kappa shape index (κ2) is 6.78. The van der Waals surface area contributed by atoms with E-state index in [4.69, 9.17) is 15.2 Å². The van der Waals surface area contributed by atoms with Crippen molar-refractivity contribution < 1.29 is 9.47 Å². The zero-order valence-electron chi connectivity index (χ0n) is 11.8. The van der Waals surface area contributed by atoms with E-state index in [1.165, 1.54) is 12.8 Å². The molecule has 4 nitrogen and oxygen atoms in total. The van der Waals surface area contributed by atoms with Gasteiger partial charge in [0.2, 0.25) is 6.79 Å². The molecular weight excluding hydrogens is 240 g/mol. The Labute approximate surface area is 115 Å². The first kappa shape index (κ1) is 14.2. The van der Waals surface area contributed by atoms with Crippen LogP contribution in [0.15, 0.2) is 18.2 Å². The monoisotopic (exact) mass is 264 g/mol. The standard InChI is InChI=1S/C15H24N2O2/c1-3-11(4-2)9-17-13(8-16)12-5-6-14-15(7-12)19-10-18-14/h5-7,11,13,17H,3-4,8-10,16H2,1-2H3. The third kappa shape index (κ3) is 3.39. The fourth-order valence-corrected chi connectivity index (χ4v) is 2.35. The summed E-state index contributed by atoms with van der Waals surface area (Å²) in [6.07, 6.45) is 2.39. The topological polar surface area (TPSA) is 56.5 Å². The quantitative estimate of drug-likeness (QED) is 0.794. The van der Waals surface area contributed by atoms with Gasteiger partial charge in [-0.15, -0.1) is 0 Å². The molecule has 2 rings (SSSR count). The lowest BCUT2D eigenvalue weighted by molar-refractivity contribution is 0.174. The van der Waals surface area contributed by atoms with Crippen LogP contribution >= 0.6 is 0 Å². The van der Waals surface area contributed by atoms with E-state index in [2.05, 4.69) is 25.2 Å². The Bertz CT molecular complexity index is 405. The molecular formula is C15H24N2O2. The first-order valence-electron chi connectivity index (χ1n) is 7.11. The van der Waals surface area contributed by atoms with E-state index in [1.807, 2.05) is 12.1 Å². The molecule has 0 bridgehead atoms. The van der Waals surface area contributed by atoms with E-state index in [-0.39, 0.29) is 6.04 Å². The summed E-state index contributed by atoms with van der Waals surface area (Å²) in [6.45, 7) is 6.36. The summed E-state index contributed by atoms with van der Waals surface area (Å²) in [4.78, 5) is 0. The third-order valence-corrected chi connectivity index (χ3v) is 3.84. The molecule has 1 aromatic rings. The molecule has 19 heavy (non-hydrogen) atoms. The molecule has 0 spiro atoms. The van der Waals surface area contributed by atoms with E-state index >= 15 is 0 Å². The van der Waals surface area contributed by atoms with Crippen LogP contribution in [0, 0.1) is 5.92 Å². The summed E-state index contributed by atoms with van der Waals surface area (Å²) < 4.78 is 10.7. The number of hydrogen-bond donors (Lipinski definition) is 2. The molecule has 0 fully saturated rings. The van der Waals surface area contributed by atoms with Crippen LogP contribution in [0.3, 0.4) is 0 Å². The molecule has 0 aromatic heterocycles. The molecule has 1 aliphatic heterocycles. The van der Waals surface area contributed by atoms with Gasteiger partial charge in [0, 0.05) is 12.6 Å². The molecule has 1 atom stereocenters. The summed E-state index contributed by atoms with van der Waals surface area (Å²) in [6, 6.07) is 6.22. The number of hydrogen-bond acceptors (Lipinski definition) is 4. The Kier molecular flexibility index (Phi) is 5.05. The zero-order chi connectivity index (χ0) is 13.7. The van der Waals surface area contributed by atoms with Gasteiger partial charge in [0.1, 0.15) is 0 Å². The van der Waals surface area contributed by atoms with Crippen molar-refractivity contribution in [2.45, 2.75) is 32.7 Å². The summed E-state index contributed by atoms with van der Waals surface area (Å²) >= 11 is 0. The van der Waals surface area contributed by atoms with E-state index in [0.717, 1.165) is 23.6 Å². The van der Waals surface area contributed by atoms with Gasteiger partial charge in [-0.25, -0.2) is 0 Å². The van der Waals surface area contributed by atoms with Crippen molar-refractivity contribution in [2.75, 3.05) is 19.9 Å². The van der Waals surface area contributed by atoms with E-state index < -0.39 is 0 Å². The highest BCUT2D eigenvalue weighted by Gasteiger charge is 2.17. The average molecular weight is 264 g/mol. The summed E-state index contributed by atoms with van der Waals surface area (Å²) in [5.41, 5.74) is 7.05. The Morgan fingerprint density at radius 2 is 1.95 bits per heavy atom. The highest BCUT2D eigenvalue weighted by atomic mass is 16.7. The maximum atomic E-state index is 5.88. The van der Waals surface area contributed by atoms with E-state index in [9.17, 15) is 0 Å². The predicted octanol–water partition coefficient (Wildman–Crippen LogP) is 2.44. The molecule has 0 radical (unpaired) electrons. The molecule has 4 heteroatoms. The Hall–Kier alpha value is -1.26. The summed E-state index contributed by atoms with van der Waals surface area (Å²) in [7, 11) is 0. The second-order valence-electron chi connectivity index (χ2n) is 4.99. The second-order valence-corrected chi connectivity index (χ2v) is 4.99.